The highest BCUT2D eigenvalue weighted by Gasteiger charge is 2.29. The average Bonchev–Trinajstić information content (AvgIpc) is 2.77. The second kappa shape index (κ2) is 11.1. The van der Waals surface area contributed by atoms with Gasteiger partial charge in [-0.15, -0.1) is 0 Å². The number of hydrogen-bond acceptors (Lipinski definition) is 3. The van der Waals surface area contributed by atoms with Gasteiger partial charge in [-0.2, -0.15) is 0 Å². The van der Waals surface area contributed by atoms with Crippen LogP contribution in [0.1, 0.15) is 49.0 Å². The van der Waals surface area contributed by atoms with E-state index < -0.39 is 0 Å². The molecule has 0 aromatic heterocycles. The van der Waals surface area contributed by atoms with Crippen molar-refractivity contribution in [2.75, 3.05) is 6.61 Å². The first-order valence-corrected chi connectivity index (χ1v) is 11.1. The summed E-state index contributed by atoms with van der Waals surface area (Å²) in [6.45, 7) is 5.17. The van der Waals surface area contributed by atoms with Gasteiger partial charge in [-0.3, -0.25) is 9.69 Å². The summed E-state index contributed by atoms with van der Waals surface area (Å²) in [4.78, 5) is 15.0. The third-order valence-corrected chi connectivity index (χ3v) is 5.78. The van der Waals surface area contributed by atoms with E-state index in [0.29, 0.717) is 13.0 Å². The van der Waals surface area contributed by atoms with Gasteiger partial charge >= 0.3 is 5.97 Å². The lowest BCUT2D eigenvalue weighted by molar-refractivity contribution is -0.145. The molecule has 3 rings (SSSR count). The fraction of sp³-hybridized carbons (Fsp3) is 0.269. The van der Waals surface area contributed by atoms with Gasteiger partial charge < -0.3 is 4.74 Å². The van der Waals surface area contributed by atoms with Crippen LogP contribution in [0.25, 0.3) is 0 Å². The van der Waals surface area contributed by atoms with Gasteiger partial charge in [0.25, 0.3) is 0 Å². The number of nitrogens with zero attached hydrogens (tertiary/aromatic N) is 1. The van der Waals surface area contributed by atoms with E-state index in [-0.39, 0.29) is 18.1 Å². The molecule has 3 nitrogen and oxygen atoms in total. The van der Waals surface area contributed by atoms with Gasteiger partial charge in [0.15, 0.2) is 0 Å². The number of halogens is 1. The Bertz CT molecular complexity index is 930. The van der Waals surface area contributed by atoms with Gasteiger partial charge in [0, 0.05) is 23.1 Å². The van der Waals surface area contributed by atoms with Gasteiger partial charge in [0.2, 0.25) is 0 Å². The van der Waals surface area contributed by atoms with E-state index in [4.69, 9.17) is 4.74 Å². The highest BCUT2D eigenvalue weighted by Crippen LogP contribution is 2.35. The molecule has 0 aliphatic rings. The number of hydrogen-bond donors (Lipinski definition) is 0. The van der Waals surface area contributed by atoms with Crippen molar-refractivity contribution in [2.45, 2.75) is 38.9 Å². The molecule has 0 saturated carbocycles. The zero-order valence-corrected chi connectivity index (χ0v) is 19.1. The van der Waals surface area contributed by atoms with Crippen LogP contribution < -0.4 is 0 Å². The van der Waals surface area contributed by atoms with Gasteiger partial charge in [-0.05, 0) is 42.7 Å². The lowest BCUT2D eigenvalue weighted by atomic mass is 9.96. The molecule has 0 spiro atoms. The minimum absolute atomic E-state index is 0.114. The number of rotatable bonds is 9. The van der Waals surface area contributed by atoms with Gasteiger partial charge in [-0.25, -0.2) is 0 Å². The summed E-state index contributed by atoms with van der Waals surface area (Å²) >= 11 is 3.59. The summed E-state index contributed by atoms with van der Waals surface area (Å²) in [7, 11) is 0. The third kappa shape index (κ3) is 6.04. The minimum Gasteiger partial charge on any atom is -0.466 e. The van der Waals surface area contributed by atoms with Crippen molar-refractivity contribution in [1.29, 1.82) is 0 Å². The molecule has 0 N–H and O–H groups in total. The van der Waals surface area contributed by atoms with Gasteiger partial charge in [0.05, 0.1) is 13.0 Å². The monoisotopic (exact) mass is 465 g/mol. The maximum Gasteiger partial charge on any atom is 0.307 e. The number of carbonyl (C=O) groups excluding carboxylic acids is 1. The van der Waals surface area contributed by atoms with Crippen molar-refractivity contribution >= 4 is 21.9 Å². The summed E-state index contributed by atoms with van der Waals surface area (Å²) in [6, 6.07) is 29.1. The van der Waals surface area contributed by atoms with Crippen LogP contribution in [0.4, 0.5) is 0 Å². The fourth-order valence-electron chi connectivity index (χ4n) is 3.75. The van der Waals surface area contributed by atoms with E-state index in [1.165, 1.54) is 11.1 Å². The summed E-state index contributed by atoms with van der Waals surface area (Å²) < 4.78 is 6.33. The van der Waals surface area contributed by atoms with E-state index in [9.17, 15) is 4.79 Å². The Labute approximate surface area is 187 Å². The van der Waals surface area contributed by atoms with Crippen molar-refractivity contribution in [2.24, 2.45) is 0 Å². The molecule has 0 heterocycles. The highest BCUT2D eigenvalue weighted by atomic mass is 79.9. The zero-order valence-electron chi connectivity index (χ0n) is 17.5. The van der Waals surface area contributed by atoms with Crippen LogP contribution in [0.3, 0.4) is 0 Å². The molecule has 0 bridgehead atoms. The Hall–Kier alpha value is -2.43. The van der Waals surface area contributed by atoms with Crippen molar-refractivity contribution in [3.05, 3.63) is 106 Å². The number of esters is 1. The molecular weight excluding hydrogens is 438 g/mol. The average molecular weight is 466 g/mol. The topological polar surface area (TPSA) is 29.5 Å². The van der Waals surface area contributed by atoms with Crippen LogP contribution in [-0.2, 0) is 16.1 Å². The first kappa shape index (κ1) is 22.3. The van der Waals surface area contributed by atoms with Crippen LogP contribution in [0, 0.1) is 0 Å². The molecule has 3 aromatic carbocycles. The first-order chi connectivity index (χ1) is 14.6. The molecule has 0 saturated heterocycles. The number of ether oxygens (including phenoxy) is 1. The van der Waals surface area contributed by atoms with Crippen LogP contribution in [0.2, 0.25) is 0 Å². The molecule has 2 atom stereocenters. The molecule has 0 aliphatic heterocycles. The standard InChI is InChI=1S/C26H28BrNO2/c1-3-30-26(29)18-25(23-15-10-16-24(27)17-23)28(19-21-11-6-4-7-12-21)20(2)22-13-8-5-9-14-22/h4-17,20,25H,3,18-19H2,1-2H3/t20-,25+/m1/s1. The summed E-state index contributed by atoms with van der Waals surface area (Å²) in [5.41, 5.74) is 3.53. The summed E-state index contributed by atoms with van der Waals surface area (Å²) in [6.07, 6.45) is 0.300. The third-order valence-electron chi connectivity index (χ3n) is 5.29. The van der Waals surface area contributed by atoms with Gasteiger partial charge in [-0.1, -0.05) is 88.7 Å². The molecule has 4 heteroatoms. The molecule has 0 aliphatic carbocycles. The van der Waals surface area contributed by atoms with Crippen molar-refractivity contribution in [3.63, 3.8) is 0 Å². The van der Waals surface area contributed by atoms with Gasteiger partial charge in [0.1, 0.15) is 0 Å². The van der Waals surface area contributed by atoms with Crippen LogP contribution in [0.15, 0.2) is 89.4 Å². The highest BCUT2D eigenvalue weighted by molar-refractivity contribution is 9.10. The Kier molecular flexibility index (Phi) is 8.23. The van der Waals surface area contributed by atoms with E-state index in [0.717, 1.165) is 16.6 Å². The summed E-state index contributed by atoms with van der Waals surface area (Å²) in [5, 5.41) is 0. The molecular formula is C26H28BrNO2. The van der Waals surface area contributed by atoms with E-state index in [2.05, 4.69) is 88.4 Å². The molecule has 30 heavy (non-hydrogen) atoms. The van der Waals surface area contributed by atoms with Crippen LogP contribution in [-0.4, -0.2) is 17.5 Å². The molecule has 156 valence electrons. The van der Waals surface area contributed by atoms with E-state index in [1.807, 2.05) is 31.2 Å². The van der Waals surface area contributed by atoms with Crippen LogP contribution in [0.5, 0.6) is 0 Å². The maximum absolute atomic E-state index is 12.6. The predicted molar refractivity (Wildman–Crippen MR) is 125 cm³/mol. The SMILES string of the molecule is CCOC(=O)C[C@@H](c1cccc(Br)c1)N(Cc1ccccc1)[C@H](C)c1ccccc1. The predicted octanol–water partition coefficient (Wildman–Crippen LogP) is 6.71. The van der Waals surface area contributed by atoms with E-state index in [1.54, 1.807) is 0 Å². The van der Waals surface area contributed by atoms with Crippen molar-refractivity contribution < 1.29 is 9.53 Å². The maximum atomic E-state index is 12.6. The molecule has 0 radical (unpaired) electrons. The summed E-state index contributed by atoms with van der Waals surface area (Å²) in [5.74, 6) is -0.180. The minimum atomic E-state index is -0.180. The van der Waals surface area contributed by atoms with Crippen LogP contribution >= 0.6 is 15.9 Å². The molecule has 3 aromatic rings. The Balaban J connectivity index is 2.03. The lowest BCUT2D eigenvalue weighted by Crippen LogP contribution is -2.33. The number of benzene rings is 3. The lowest BCUT2D eigenvalue weighted by Gasteiger charge is -2.37. The number of carbonyl (C=O) groups is 1. The normalized spacial score (nSPS) is 13.1. The van der Waals surface area contributed by atoms with Crippen molar-refractivity contribution in [1.82, 2.24) is 4.90 Å². The second-order valence-electron chi connectivity index (χ2n) is 7.32. The molecule has 0 amide bonds. The quantitative estimate of drug-likeness (QED) is 0.329. The van der Waals surface area contributed by atoms with Crippen molar-refractivity contribution in [3.8, 4) is 0 Å². The fourth-order valence-corrected chi connectivity index (χ4v) is 4.17. The largest absolute Gasteiger partial charge is 0.466 e. The first-order valence-electron chi connectivity index (χ1n) is 10.3. The Morgan fingerprint density at radius 3 is 2.20 bits per heavy atom. The molecule has 0 unspecified atom stereocenters. The Morgan fingerprint density at radius 1 is 0.933 bits per heavy atom. The Morgan fingerprint density at radius 2 is 1.57 bits per heavy atom. The smallest absolute Gasteiger partial charge is 0.307 e. The molecule has 0 fully saturated rings. The van der Waals surface area contributed by atoms with E-state index >= 15 is 0 Å². The zero-order chi connectivity index (χ0) is 21.3. The second-order valence-corrected chi connectivity index (χ2v) is 8.24.